The minimum atomic E-state index is -0.372. The molecule has 0 aliphatic carbocycles. The van der Waals surface area contributed by atoms with Gasteiger partial charge >= 0.3 is 6.03 Å². The molecule has 3 N–H and O–H groups in total. The number of benzene rings is 1. The fourth-order valence-corrected chi connectivity index (χ4v) is 2.48. The lowest BCUT2D eigenvalue weighted by Gasteiger charge is -2.11. The van der Waals surface area contributed by atoms with Crippen molar-refractivity contribution in [3.8, 4) is 5.69 Å². The van der Waals surface area contributed by atoms with Crippen LogP contribution >= 0.6 is 0 Å². The highest BCUT2D eigenvalue weighted by atomic mass is 16.2. The number of aryl methyl sites for hydroxylation is 2. The molecule has 0 radical (unpaired) electrons. The minimum absolute atomic E-state index is 0.311. The smallest absolute Gasteiger partial charge is 0.306 e. The highest BCUT2D eigenvalue weighted by Crippen LogP contribution is 2.21. The van der Waals surface area contributed by atoms with Crippen LogP contribution in [-0.2, 0) is 0 Å². The molecule has 0 bridgehead atoms. The summed E-state index contributed by atoms with van der Waals surface area (Å²) in [5.74, 6) is 2.22. The van der Waals surface area contributed by atoms with Crippen molar-refractivity contribution in [2.24, 2.45) is 0 Å². The van der Waals surface area contributed by atoms with E-state index < -0.39 is 0 Å². The molecule has 2 heterocycles. The van der Waals surface area contributed by atoms with Crippen molar-refractivity contribution in [2.75, 3.05) is 10.6 Å². The zero-order valence-corrected chi connectivity index (χ0v) is 14.7. The quantitative estimate of drug-likeness (QED) is 0.678. The number of urea groups is 1. The van der Waals surface area contributed by atoms with E-state index in [0.29, 0.717) is 23.2 Å². The number of aromatic nitrogens is 5. The molecular weight excluding hydrogens is 318 g/mol. The fourth-order valence-electron chi connectivity index (χ4n) is 2.48. The van der Waals surface area contributed by atoms with Gasteiger partial charge in [0, 0.05) is 11.8 Å². The molecule has 2 aromatic heterocycles. The summed E-state index contributed by atoms with van der Waals surface area (Å²) >= 11 is 0. The van der Waals surface area contributed by atoms with Crippen molar-refractivity contribution in [2.45, 2.75) is 33.6 Å². The van der Waals surface area contributed by atoms with Crippen molar-refractivity contribution in [3.05, 3.63) is 47.7 Å². The first-order chi connectivity index (χ1) is 11.9. The Hall–Kier alpha value is -3.16. The predicted molar refractivity (Wildman–Crippen MR) is 96.2 cm³/mol. The molecule has 25 heavy (non-hydrogen) atoms. The van der Waals surface area contributed by atoms with Crippen molar-refractivity contribution in [1.82, 2.24) is 25.0 Å². The fraction of sp³-hybridized carbons (Fsp3) is 0.294. The van der Waals surface area contributed by atoms with Gasteiger partial charge in [0.25, 0.3) is 0 Å². The number of anilines is 2. The summed E-state index contributed by atoms with van der Waals surface area (Å²) in [5, 5.41) is 16.9. The molecule has 3 rings (SSSR count). The summed E-state index contributed by atoms with van der Waals surface area (Å²) in [4.78, 5) is 16.6. The normalized spacial score (nSPS) is 10.9. The van der Waals surface area contributed by atoms with Crippen molar-refractivity contribution in [1.29, 1.82) is 0 Å². The molecule has 8 heteroatoms. The van der Waals surface area contributed by atoms with Crippen LogP contribution in [0.1, 0.15) is 37.1 Å². The van der Waals surface area contributed by atoms with Gasteiger partial charge in [-0.15, -0.1) is 0 Å². The van der Waals surface area contributed by atoms with E-state index in [9.17, 15) is 4.79 Å². The Labute approximate surface area is 145 Å². The Morgan fingerprint density at radius 3 is 2.60 bits per heavy atom. The predicted octanol–water partition coefficient (Wildman–Crippen LogP) is 3.37. The molecule has 0 aliphatic heterocycles. The third-order valence-corrected chi connectivity index (χ3v) is 3.72. The Balaban J connectivity index is 1.78. The van der Waals surface area contributed by atoms with Gasteiger partial charge in [-0.25, -0.2) is 14.5 Å². The number of nitrogens with zero attached hydrogens (tertiary/aromatic N) is 4. The minimum Gasteiger partial charge on any atom is -0.306 e. The summed E-state index contributed by atoms with van der Waals surface area (Å²) in [6, 6.07) is 8.88. The first-order valence-electron chi connectivity index (χ1n) is 8.07. The van der Waals surface area contributed by atoms with Crippen LogP contribution in [0.5, 0.6) is 0 Å². The highest BCUT2D eigenvalue weighted by Gasteiger charge is 2.13. The van der Waals surface area contributed by atoms with Crippen LogP contribution in [0.15, 0.2) is 30.3 Å². The highest BCUT2D eigenvalue weighted by molar-refractivity contribution is 6.00. The van der Waals surface area contributed by atoms with Gasteiger partial charge in [0.05, 0.1) is 11.4 Å². The Morgan fingerprint density at radius 1 is 1.20 bits per heavy atom. The van der Waals surface area contributed by atoms with Gasteiger partial charge in [-0.1, -0.05) is 26.0 Å². The number of para-hydroxylation sites is 2. The Bertz CT molecular complexity index is 894. The second-order valence-electron chi connectivity index (χ2n) is 6.08. The zero-order chi connectivity index (χ0) is 18.0. The van der Waals surface area contributed by atoms with Crippen molar-refractivity contribution < 1.29 is 4.79 Å². The molecule has 0 saturated carbocycles. The molecule has 0 saturated heterocycles. The van der Waals surface area contributed by atoms with E-state index in [0.717, 1.165) is 17.2 Å². The lowest BCUT2D eigenvalue weighted by Crippen LogP contribution is -2.21. The average molecular weight is 339 g/mol. The maximum absolute atomic E-state index is 12.3. The molecule has 130 valence electrons. The van der Waals surface area contributed by atoms with E-state index in [1.54, 1.807) is 4.68 Å². The average Bonchev–Trinajstić information content (AvgIpc) is 3.14. The van der Waals surface area contributed by atoms with Crippen LogP contribution in [0.2, 0.25) is 0 Å². The standard InChI is InChI=1S/C17H21N7O/c1-10(2)14-9-16(22-21-14)20-17(25)19-13-7-5-6-8-15(13)24-12(4)18-11(3)23-24/h5-10H,1-4H3,(H3,19,20,21,22,25). The van der Waals surface area contributed by atoms with E-state index in [1.807, 2.05) is 44.2 Å². The molecule has 0 unspecified atom stereocenters. The SMILES string of the molecule is Cc1nc(C)n(-c2ccccc2NC(=O)Nc2cc(C(C)C)[nH]n2)n1. The van der Waals surface area contributed by atoms with Gasteiger partial charge < -0.3 is 5.32 Å². The van der Waals surface area contributed by atoms with E-state index >= 15 is 0 Å². The van der Waals surface area contributed by atoms with Crippen LogP contribution in [0.25, 0.3) is 5.69 Å². The van der Waals surface area contributed by atoms with E-state index in [2.05, 4.69) is 44.8 Å². The molecule has 0 spiro atoms. The van der Waals surface area contributed by atoms with Gasteiger partial charge in [-0.2, -0.15) is 10.2 Å². The number of hydrogen-bond donors (Lipinski definition) is 3. The maximum atomic E-state index is 12.3. The summed E-state index contributed by atoms with van der Waals surface area (Å²) < 4.78 is 1.70. The molecule has 0 fully saturated rings. The van der Waals surface area contributed by atoms with Crippen LogP contribution < -0.4 is 10.6 Å². The van der Waals surface area contributed by atoms with Crippen LogP contribution in [-0.4, -0.2) is 31.0 Å². The van der Waals surface area contributed by atoms with E-state index in [1.165, 1.54) is 0 Å². The number of aromatic amines is 1. The van der Waals surface area contributed by atoms with Crippen molar-refractivity contribution in [3.63, 3.8) is 0 Å². The van der Waals surface area contributed by atoms with Crippen LogP contribution in [0, 0.1) is 13.8 Å². The molecule has 8 nitrogen and oxygen atoms in total. The number of nitrogens with one attached hydrogen (secondary N) is 3. The molecule has 2 amide bonds. The first kappa shape index (κ1) is 16.7. The summed E-state index contributed by atoms with van der Waals surface area (Å²) in [5.41, 5.74) is 2.35. The van der Waals surface area contributed by atoms with Gasteiger partial charge in [0.1, 0.15) is 11.6 Å². The second kappa shape index (κ2) is 6.76. The van der Waals surface area contributed by atoms with E-state index in [4.69, 9.17) is 0 Å². The topological polar surface area (TPSA) is 101 Å². The summed E-state index contributed by atoms with van der Waals surface area (Å²) in [7, 11) is 0. The second-order valence-corrected chi connectivity index (χ2v) is 6.08. The third-order valence-electron chi connectivity index (χ3n) is 3.72. The number of carbonyl (C=O) groups is 1. The van der Waals surface area contributed by atoms with Gasteiger partial charge in [0.15, 0.2) is 5.82 Å². The number of rotatable bonds is 4. The van der Waals surface area contributed by atoms with Crippen LogP contribution in [0.3, 0.4) is 0 Å². The molecule has 0 atom stereocenters. The lowest BCUT2D eigenvalue weighted by molar-refractivity contribution is 0.262. The van der Waals surface area contributed by atoms with Crippen LogP contribution in [0.4, 0.5) is 16.3 Å². The number of carbonyl (C=O) groups excluding carboxylic acids is 1. The first-order valence-corrected chi connectivity index (χ1v) is 8.07. The van der Waals surface area contributed by atoms with Gasteiger partial charge in [0.2, 0.25) is 0 Å². The third kappa shape index (κ3) is 3.68. The molecular formula is C17H21N7O. The Kier molecular flexibility index (Phi) is 4.51. The van der Waals surface area contributed by atoms with Gasteiger partial charge in [-0.3, -0.25) is 10.4 Å². The summed E-state index contributed by atoms with van der Waals surface area (Å²) in [6.45, 7) is 7.80. The van der Waals surface area contributed by atoms with Gasteiger partial charge in [-0.05, 0) is 31.9 Å². The molecule has 0 aliphatic rings. The largest absolute Gasteiger partial charge is 0.324 e. The molecule has 1 aromatic carbocycles. The number of amides is 2. The monoisotopic (exact) mass is 339 g/mol. The maximum Gasteiger partial charge on any atom is 0.324 e. The number of hydrogen-bond acceptors (Lipinski definition) is 4. The Morgan fingerprint density at radius 2 is 1.96 bits per heavy atom. The van der Waals surface area contributed by atoms with Crippen molar-refractivity contribution >= 4 is 17.5 Å². The number of H-pyrrole nitrogens is 1. The zero-order valence-electron chi connectivity index (χ0n) is 14.7. The van der Waals surface area contributed by atoms with E-state index in [-0.39, 0.29) is 6.03 Å². The summed E-state index contributed by atoms with van der Waals surface area (Å²) in [6.07, 6.45) is 0. The lowest BCUT2D eigenvalue weighted by atomic mass is 10.1. The molecule has 3 aromatic rings.